The van der Waals surface area contributed by atoms with Gasteiger partial charge in [0, 0.05) is 23.0 Å². The minimum atomic E-state index is 0.107. The van der Waals surface area contributed by atoms with E-state index in [4.69, 9.17) is 5.73 Å². The maximum absolute atomic E-state index is 12.0. The standard InChI is InChI=1S/C13H15N3OS2/c1-16(8-11-3-2-6-18-11)13(17)9-19-10-4-5-12(14)15-7-10/h2-7H,8-9H2,1H3,(H2,14,15). The van der Waals surface area contributed by atoms with Crippen molar-refractivity contribution in [2.75, 3.05) is 18.5 Å². The highest BCUT2D eigenvalue weighted by Crippen LogP contribution is 2.18. The molecular weight excluding hydrogens is 278 g/mol. The number of nitrogen functional groups attached to an aromatic ring is 1. The minimum Gasteiger partial charge on any atom is -0.384 e. The number of aromatic nitrogens is 1. The smallest absolute Gasteiger partial charge is 0.233 e. The average Bonchev–Trinajstić information content (AvgIpc) is 2.90. The van der Waals surface area contributed by atoms with E-state index in [0.717, 1.165) is 4.90 Å². The monoisotopic (exact) mass is 293 g/mol. The number of nitrogens with two attached hydrogens (primary N) is 1. The fourth-order valence-electron chi connectivity index (χ4n) is 1.46. The highest BCUT2D eigenvalue weighted by molar-refractivity contribution is 8.00. The Morgan fingerprint density at radius 3 is 2.95 bits per heavy atom. The SMILES string of the molecule is CN(Cc1cccs1)C(=O)CSc1ccc(N)nc1. The molecule has 6 heteroatoms. The molecule has 0 aliphatic carbocycles. The number of thioether (sulfide) groups is 1. The van der Waals surface area contributed by atoms with Gasteiger partial charge in [0.1, 0.15) is 5.82 Å². The molecule has 0 fully saturated rings. The molecule has 0 atom stereocenters. The van der Waals surface area contributed by atoms with Gasteiger partial charge in [-0.25, -0.2) is 4.98 Å². The summed E-state index contributed by atoms with van der Waals surface area (Å²) in [7, 11) is 1.82. The van der Waals surface area contributed by atoms with Crippen molar-refractivity contribution < 1.29 is 4.79 Å². The first kappa shape index (κ1) is 13.9. The zero-order valence-corrected chi connectivity index (χ0v) is 12.2. The number of rotatable bonds is 5. The molecule has 19 heavy (non-hydrogen) atoms. The van der Waals surface area contributed by atoms with E-state index in [1.54, 1.807) is 28.5 Å². The van der Waals surface area contributed by atoms with Gasteiger partial charge in [0.25, 0.3) is 0 Å². The van der Waals surface area contributed by atoms with Crippen LogP contribution in [-0.2, 0) is 11.3 Å². The summed E-state index contributed by atoms with van der Waals surface area (Å²) in [5.41, 5.74) is 5.51. The second-order valence-corrected chi connectivity index (χ2v) is 6.12. The van der Waals surface area contributed by atoms with Gasteiger partial charge in [-0.15, -0.1) is 23.1 Å². The lowest BCUT2D eigenvalue weighted by Gasteiger charge is -2.15. The van der Waals surface area contributed by atoms with Crippen molar-refractivity contribution in [1.82, 2.24) is 9.88 Å². The first-order valence-corrected chi connectivity index (χ1v) is 7.62. The first-order chi connectivity index (χ1) is 9.15. The number of carbonyl (C=O) groups is 1. The van der Waals surface area contributed by atoms with E-state index in [9.17, 15) is 4.79 Å². The highest BCUT2D eigenvalue weighted by Gasteiger charge is 2.10. The zero-order valence-electron chi connectivity index (χ0n) is 10.6. The lowest BCUT2D eigenvalue weighted by atomic mass is 10.4. The molecule has 0 radical (unpaired) electrons. The number of amides is 1. The van der Waals surface area contributed by atoms with Crippen LogP contribution in [0, 0.1) is 0 Å². The first-order valence-electron chi connectivity index (χ1n) is 5.76. The van der Waals surface area contributed by atoms with Gasteiger partial charge < -0.3 is 10.6 Å². The third-order valence-corrected chi connectivity index (χ3v) is 4.35. The lowest BCUT2D eigenvalue weighted by molar-refractivity contribution is -0.127. The Balaban J connectivity index is 1.82. The fourth-order valence-corrected chi connectivity index (χ4v) is 3.02. The molecule has 2 rings (SSSR count). The van der Waals surface area contributed by atoms with E-state index in [1.165, 1.54) is 16.6 Å². The Labute approximate surface area is 120 Å². The number of hydrogen-bond donors (Lipinski definition) is 1. The van der Waals surface area contributed by atoms with Crippen molar-refractivity contribution in [3.63, 3.8) is 0 Å². The number of pyridine rings is 1. The van der Waals surface area contributed by atoms with Crippen molar-refractivity contribution in [2.45, 2.75) is 11.4 Å². The number of thiophene rings is 1. The van der Waals surface area contributed by atoms with Gasteiger partial charge in [0.15, 0.2) is 0 Å². The van der Waals surface area contributed by atoms with Crippen molar-refractivity contribution in [3.8, 4) is 0 Å². The maximum Gasteiger partial charge on any atom is 0.233 e. The maximum atomic E-state index is 12.0. The van der Waals surface area contributed by atoms with Crippen molar-refractivity contribution in [1.29, 1.82) is 0 Å². The van der Waals surface area contributed by atoms with Gasteiger partial charge in [0.05, 0.1) is 12.3 Å². The number of carbonyl (C=O) groups excluding carboxylic acids is 1. The predicted molar refractivity (Wildman–Crippen MR) is 80.2 cm³/mol. The molecular formula is C13H15N3OS2. The van der Waals surface area contributed by atoms with Gasteiger partial charge in [-0.2, -0.15) is 0 Å². The van der Waals surface area contributed by atoms with E-state index in [1.807, 2.05) is 30.6 Å². The Hall–Kier alpha value is -1.53. The summed E-state index contributed by atoms with van der Waals surface area (Å²) in [5, 5.41) is 2.02. The topological polar surface area (TPSA) is 59.2 Å². The number of nitrogens with zero attached hydrogens (tertiary/aromatic N) is 2. The van der Waals surface area contributed by atoms with Crippen LogP contribution in [0.3, 0.4) is 0 Å². The van der Waals surface area contributed by atoms with Crippen LogP contribution in [-0.4, -0.2) is 28.6 Å². The van der Waals surface area contributed by atoms with Crippen LogP contribution >= 0.6 is 23.1 Å². The lowest BCUT2D eigenvalue weighted by Crippen LogP contribution is -2.27. The predicted octanol–water partition coefficient (Wildman–Crippen LogP) is 2.48. The Morgan fingerprint density at radius 2 is 2.32 bits per heavy atom. The summed E-state index contributed by atoms with van der Waals surface area (Å²) in [6, 6.07) is 7.64. The molecule has 2 N–H and O–H groups in total. The Morgan fingerprint density at radius 1 is 1.47 bits per heavy atom. The molecule has 4 nitrogen and oxygen atoms in total. The van der Waals surface area contributed by atoms with Crippen LogP contribution in [0.25, 0.3) is 0 Å². The summed E-state index contributed by atoms with van der Waals surface area (Å²) in [6.07, 6.45) is 1.69. The Kier molecular flexibility index (Phi) is 4.81. The van der Waals surface area contributed by atoms with E-state index in [-0.39, 0.29) is 5.91 Å². The summed E-state index contributed by atoms with van der Waals surface area (Å²) in [6.45, 7) is 0.664. The van der Waals surface area contributed by atoms with Gasteiger partial charge >= 0.3 is 0 Å². The molecule has 0 unspecified atom stereocenters. The van der Waals surface area contributed by atoms with E-state index in [2.05, 4.69) is 4.98 Å². The van der Waals surface area contributed by atoms with Gasteiger partial charge in [0.2, 0.25) is 5.91 Å². The summed E-state index contributed by atoms with van der Waals surface area (Å²) < 4.78 is 0. The highest BCUT2D eigenvalue weighted by atomic mass is 32.2. The number of hydrogen-bond acceptors (Lipinski definition) is 5. The van der Waals surface area contributed by atoms with E-state index < -0.39 is 0 Å². The van der Waals surface area contributed by atoms with Gasteiger partial charge in [-0.3, -0.25) is 4.79 Å². The van der Waals surface area contributed by atoms with Gasteiger partial charge in [-0.05, 0) is 23.6 Å². The molecule has 0 saturated carbocycles. The second kappa shape index (κ2) is 6.58. The molecule has 0 spiro atoms. The quantitative estimate of drug-likeness (QED) is 0.860. The third kappa shape index (κ3) is 4.25. The summed E-state index contributed by atoms with van der Waals surface area (Å²) in [5.74, 6) is 1.01. The summed E-state index contributed by atoms with van der Waals surface area (Å²) in [4.78, 5) is 19.9. The van der Waals surface area contributed by atoms with Crippen LogP contribution in [0.5, 0.6) is 0 Å². The molecule has 0 aliphatic rings. The van der Waals surface area contributed by atoms with Crippen molar-refractivity contribution in [2.24, 2.45) is 0 Å². The fraction of sp³-hybridized carbons (Fsp3) is 0.231. The van der Waals surface area contributed by atoms with Crippen LogP contribution in [0.1, 0.15) is 4.88 Å². The largest absolute Gasteiger partial charge is 0.384 e. The van der Waals surface area contributed by atoms with Crippen molar-refractivity contribution in [3.05, 3.63) is 40.7 Å². The molecule has 0 saturated heterocycles. The third-order valence-electron chi connectivity index (χ3n) is 2.52. The van der Waals surface area contributed by atoms with Crippen molar-refractivity contribution >= 4 is 34.8 Å². The molecule has 1 amide bonds. The van der Waals surface area contributed by atoms with E-state index >= 15 is 0 Å². The average molecular weight is 293 g/mol. The van der Waals surface area contributed by atoms with Crippen LogP contribution in [0.4, 0.5) is 5.82 Å². The Bertz CT molecular complexity index is 525. The molecule has 0 aromatic carbocycles. The number of anilines is 1. The van der Waals surface area contributed by atoms with E-state index in [0.29, 0.717) is 18.1 Å². The second-order valence-electron chi connectivity index (χ2n) is 4.04. The molecule has 0 aliphatic heterocycles. The van der Waals surface area contributed by atoms with Crippen LogP contribution in [0.15, 0.2) is 40.7 Å². The molecule has 2 aromatic heterocycles. The zero-order chi connectivity index (χ0) is 13.7. The molecule has 0 bridgehead atoms. The molecule has 100 valence electrons. The molecule has 2 heterocycles. The van der Waals surface area contributed by atoms with Gasteiger partial charge in [-0.1, -0.05) is 6.07 Å². The van der Waals surface area contributed by atoms with Crippen LogP contribution < -0.4 is 5.73 Å². The normalized spacial score (nSPS) is 10.4. The molecule has 2 aromatic rings. The summed E-state index contributed by atoms with van der Waals surface area (Å²) >= 11 is 3.13. The van der Waals surface area contributed by atoms with Crippen LogP contribution in [0.2, 0.25) is 0 Å². The minimum absolute atomic E-state index is 0.107.